The molecule has 1 aromatic rings. The maximum atomic E-state index is 11.8. The standard InChI is InChI=1S/C12H19N3O/c1-9-7-10(2)15(12(16)14-9)8-11-5-3-4-6-13-11/h7,11,13H,3-6,8H2,1-2H3. The average Bonchev–Trinajstić information content (AvgIpc) is 2.25. The van der Waals surface area contributed by atoms with Crippen molar-refractivity contribution in [3.05, 3.63) is 27.9 Å². The first-order chi connectivity index (χ1) is 7.66. The Morgan fingerprint density at radius 3 is 2.94 bits per heavy atom. The molecule has 0 saturated carbocycles. The molecule has 4 heteroatoms. The minimum atomic E-state index is -0.120. The molecular formula is C12H19N3O. The maximum absolute atomic E-state index is 11.8. The number of hydrogen-bond acceptors (Lipinski definition) is 3. The predicted molar refractivity (Wildman–Crippen MR) is 63.6 cm³/mol. The van der Waals surface area contributed by atoms with Gasteiger partial charge in [-0.2, -0.15) is 4.98 Å². The number of nitrogens with zero attached hydrogens (tertiary/aromatic N) is 2. The van der Waals surface area contributed by atoms with Crippen molar-refractivity contribution in [2.75, 3.05) is 6.54 Å². The highest BCUT2D eigenvalue weighted by Gasteiger charge is 2.14. The second kappa shape index (κ2) is 4.78. The lowest BCUT2D eigenvalue weighted by Gasteiger charge is -2.24. The van der Waals surface area contributed by atoms with E-state index in [0.29, 0.717) is 6.04 Å². The third-order valence-electron chi connectivity index (χ3n) is 3.16. The van der Waals surface area contributed by atoms with Crippen LogP contribution >= 0.6 is 0 Å². The van der Waals surface area contributed by atoms with Crippen LogP contribution in [-0.4, -0.2) is 22.1 Å². The number of aromatic nitrogens is 2. The first kappa shape index (κ1) is 11.3. The van der Waals surface area contributed by atoms with Crippen LogP contribution in [0, 0.1) is 13.8 Å². The summed E-state index contributed by atoms with van der Waals surface area (Å²) in [5, 5.41) is 3.45. The lowest BCUT2D eigenvalue weighted by atomic mass is 10.1. The Hall–Kier alpha value is -1.16. The molecule has 0 spiro atoms. The third kappa shape index (κ3) is 2.50. The van der Waals surface area contributed by atoms with Crippen LogP contribution in [0.1, 0.15) is 30.7 Å². The number of aryl methyl sites for hydroxylation is 2. The molecule has 0 radical (unpaired) electrons. The number of rotatable bonds is 2. The number of piperidine rings is 1. The van der Waals surface area contributed by atoms with E-state index in [4.69, 9.17) is 0 Å². The van der Waals surface area contributed by atoms with Gasteiger partial charge in [0.05, 0.1) is 0 Å². The molecule has 2 heterocycles. The first-order valence-corrected chi connectivity index (χ1v) is 5.95. The van der Waals surface area contributed by atoms with Crippen LogP contribution in [0.15, 0.2) is 10.9 Å². The van der Waals surface area contributed by atoms with Gasteiger partial charge in [-0.05, 0) is 39.3 Å². The van der Waals surface area contributed by atoms with Crippen molar-refractivity contribution < 1.29 is 0 Å². The minimum absolute atomic E-state index is 0.120. The van der Waals surface area contributed by atoms with Crippen LogP contribution in [0.4, 0.5) is 0 Å². The quantitative estimate of drug-likeness (QED) is 0.810. The Bertz CT molecular complexity index is 419. The second-order valence-electron chi connectivity index (χ2n) is 4.58. The molecule has 1 N–H and O–H groups in total. The molecular weight excluding hydrogens is 202 g/mol. The Kier molecular flexibility index (Phi) is 3.39. The van der Waals surface area contributed by atoms with Gasteiger partial charge in [-0.3, -0.25) is 4.57 Å². The molecule has 1 unspecified atom stereocenters. The van der Waals surface area contributed by atoms with E-state index in [9.17, 15) is 4.79 Å². The summed E-state index contributed by atoms with van der Waals surface area (Å²) >= 11 is 0. The van der Waals surface area contributed by atoms with Crippen molar-refractivity contribution in [3.8, 4) is 0 Å². The molecule has 1 aliphatic rings. The molecule has 4 nitrogen and oxygen atoms in total. The molecule has 0 amide bonds. The molecule has 0 bridgehead atoms. The Morgan fingerprint density at radius 1 is 1.50 bits per heavy atom. The predicted octanol–water partition coefficient (Wildman–Crippen LogP) is 1.00. The molecule has 2 rings (SSSR count). The van der Waals surface area contributed by atoms with Crippen LogP contribution < -0.4 is 11.0 Å². The van der Waals surface area contributed by atoms with Crippen molar-refractivity contribution in [2.45, 2.75) is 45.7 Å². The summed E-state index contributed by atoms with van der Waals surface area (Å²) < 4.78 is 1.77. The zero-order valence-electron chi connectivity index (χ0n) is 9.99. The molecule has 1 saturated heterocycles. The van der Waals surface area contributed by atoms with E-state index in [0.717, 1.165) is 30.9 Å². The molecule has 88 valence electrons. The minimum Gasteiger partial charge on any atom is -0.312 e. The summed E-state index contributed by atoms with van der Waals surface area (Å²) in [5.74, 6) is 0. The number of nitrogens with one attached hydrogen (secondary N) is 1. The summed E-state index contributed by atoms with van der Waals surface area (Å²) in [5.41, 5.74) is 1.69. The van der Waals surface area contributed by atoms with E-state index in [-0.39, 0.29) is 5.69 Å². The molecule has 1 fully saturated rings. The summed E-state index contributed by atoms with van der Waals surface area (Å²) in [6, 6.07) is 2.39. The van der Waals surface area contributed by atoms with E-state index in [1.165, 1.54) is 12.8 Å². The monoisotopic (exact) mass is 221 g/mol. The van der Waals surface area contributed by atoms with E-state index in [2.05, 4.69) is 10.3 Å². The van der Waals surface area contributed by atoms with Crippen molar-refractivity contribution in [1.29, 1.82) is 0 Å². The highest BCUT2D eigenvalue weighted by molar-refractivity contribution is 5.06. The Labute approximate surface area is 95.7 Å². The van der Waals surface area contributed by atoms with Crippen molar-refractivity contribution in [3.63, 3.8) is 0 Å². The largest absolute Gasteiger partial charge is 0.348 e. The average molecular weight is 221 g/mol. The van der Waals surface area contributed by atoms with Crippen LogP contribution in [0.3, 0.4) is 0 Å². The SMILES string of the molecule is Cc1cc(C)n(CC2CCCCN2)c(=O)n1. The van der Waals surface area contributed by atoms with E-state index in [1.54, 1.807) is 4.57 Å². The molecule has 1 aliphatic heterocycles. The topological polar surface area (TPSA) is 46.9 Å². The van der Waals surface area contributed by atoms with Crippen LogP contribution in [0.25, 0.3) is 0 Å². The Balaban J connectivity index is 2.17. The van der Waals surface area contributed by atoms with Gasteiger partial charge in [0.15, 0.2) is 0 Å². The van der Waals surface area contributed by atoms with Gasteiger partial charge in [0.1, 0.15) is 0 Å². The highest BCUT2D eigenvalue weighted by Crippen LogP contribution is 2.09. The van der Waals surface area contributed by atoms with E-state index >= 15 is 0 Å². The molecule has 1 aromatic heterocycles. The highest BCUT2D eigenvalue weighted by atomic mass is 16.1. The maximum Gasteiger partial charge on any atom is 0.348 e. The molecule has 1 atom stereocenters. The second-order valence-corrected chi connectivity index (χ2v) is 4.58. The van der Waals surface area contributed by atoms with Gasteiger partial charge in [0.25, 0.3) is 0 Å². The van der Waals surface area contributed by atoms with E-state index < -0.39 is 0 Å². The van der Waals surface area contributed by atoms with Gasteiger partial charge in [0, 0.05) is 24.0 Å². The molecule has 0 aromatic carbocycles. The van der Waals surface area contributed by atoms with Crippen molar-refractivity contribution >= 4 is 0 Å². The van der Waals surface area contributed by atoms with Crippen LogP contribution in [0.2, 0.25) is 0 Å². The zero-order chi connectivity index (χ0) is 11.5. The Morgan fingerprint density at radius 2 is 2.31 bits per heavy atom. The zero-order valence-corrected chi connectivity index (χ0v) is 9.99. The number of hydrogen-bond donors (Lipinski definition) is 1. The van der Waals surface area contributed by atoms with Gasteiger partial charge >= 0.3 is 5.69 Å². The van der Waals surface area contributed by atoms with Gasteiger partial charge in [-0.25, -0.2) is 4.79 Å². The first-order valence-electron chi connectivity index (χ1n) is 5.95. The van der Waals surface area contributed by atoms with Crippen LogP contribution in [0.5, 0.6) is 0 Å². The lowest BCUT2D eigenvalue weighted by Crippen LogP contribution is -2.40. The fraction of sp³-hybridized carbons (Fsp3) is 0.667. The molecule has 0 aliphatic carbocycles. The van der Waals surface area contributed by atoms with E-state index in [1.807, 2.05) is 19.9 Å². The normalized spacial score (nSPS) is 21.0. The third-order valence-corrected chi connectivity index (χ3v) is 3.16. The smallest absolute Gasteiger partial charge is 0.312 e. The van der Waals surface area contributed by atoms with Crippen molar-refractivity contribution in [1.82, 2.24) is 14.9 Å². The van der Waals surface area contributed by atoms with Gasteiger partial charge in [0.2, 0.25) is 0 Å². The fourth-order valence-corrected chi connectivity index (χ4v) is 2.30. The summed E-state index contributed by atoms with van der Waals surface area (Å²) in [4.78, 5) is 15.7. The van der Waals surface area contributed by atoms with Gasteiger partial charge in [-0.1, -0.05) is 6.42 Å². The van der Waals surface area contributed by atoms with Gasteiger partial charge in [-0.15, -0.1) is 0 Å². The summed E-state index contributed by atoms with van der Waals surface area (Å²) in [6.07, 6.45) is 3.65. The van der Waals surface area contributed by atoms with Crippen LogP contribution in [-0.2, 0) is 6.54 Å². The lowest BCUT2D eigenvalue weighted by molar-refractivity contribution is 0.355. The van der Waals surface area contributed by atoms with Crippen molar-refractivity contribution in [2.24, 2.45) is 0 Å². The summed E-state index contributed by atoms with van der Waals surface area (Å²) in [7, 11) is 0. The van der Waals surface area contributed by atoms with Gasteiger partial charge < -0.3 is 5.32 Å². The summed E-state index contributed by atoms with van der Waals surface area (Å²) in [6.45, 7) is 5.65. The fourth-order valence-electron chi connectivity index (χ4n) is 2.30. The molecule has 16 heavy (non-hydrogen) atoms.